The summed E-state index contributed by atoms with van der Waals surface area (Å²) >= 11 is 0. The van der Waals surface area contributed by atoms with Gasteiger partial charge in [-0.3, -0.25) is 0 Å². The summed E-state index contributed by atoms with van der Waals surface area (Å²) in [5.41, 5.74) is 9.29. The first kappa shape index (κ1) is 15.4. The topological polar surface area (TPSA) is 38.5 Å². The standard InChI is InChI=1S/C18H24N2O/c1-3-20(18-7-5-4-6-15(18)2)12-13-21-17-10-8-16(14-19)9-11-17/h4-11H,3,12-14,19H2,1-2H3. The second-order valence-electron chi connectivity index (χ2n) is 5.06. The third-order valence-electron chi connectivity index (χ3n) is 3.63. The van der Waals surface area contributed by atoms with E-state index in [0.29, 0.717) is 13.2 Å². The van der Waals surface area contributed by atoms with Crippen molar-refractivity contribution in [1.82, 2.24) is 0 Å². The van der Waals surface area contributed by atoms with Crippen molar-refractivity contribution in [1.29, 1.82) is 0 Å². The number of likely N-dealkylation sites (N-methyl/N-ethyl adjacent to an activating group) is 1. The quantitative estimate of drug-likeness (QED) is 0.847. The minimum absolute atomic E-state index is 0.567. The van der Waals surface area contributed by atoms with Gasteiger partial charge >= 0.3 is 0 Å². The molecule has 0 aliphatic heterocycles. The van der Waals surface area contributed by atoms with Crippen LogP contribution >= 0.6 is 0 Å². The van der Waals surface area contributed by atoms with Crippen molar-refractivity contribution in [3.63, 3.8) is 0 Å². The number of benzene rings is 2. The Balaban J connectivity index is 1.90. The Morgan fingerprint density at radius 3 is 2.38 bits per heavy atom. The van der Waals surface area contributed by atoms with Crippen LogP contribution in [0.4, 0.5) is 5.69 Å². The highest BCUT2D eigenvalue weighted by Crippen LogP contribution is 2.19. The average Bonchev–Trinajstić information content (AvgIpc) is 2.53. The molecule has 0 unspecified atom stereocenters. The summed E-state index contributed by atoms with van der Waals surface area (Å²) in [7, 11) is 0. The smallest absolute Gasteiger partial charge is 0.119 e. The number of anilines is 1. The molecule has 21 heavy (non-hydrogen) atoms. The van der Waals surface area contributed by atoms with E-state index in [1.807, 2.05) is 24.3 Å². The van der Waals surface area contributed by atoms with Gasteiger partial charge in [0.25, 0.3) is 0 Å². The normalized spacial score (nSPS) is 10.4. The molecular formula is C18H24N2O. The van der Waals surface area contributed by atoms with E-state index in [4.69, 9.17) is 10.5 Å². The molecule has 2 N–H and O–H groups in total. The Labute approximate surface area is 127 Å². The molecule has 3 nitrogen and oxygen atoms in total. The van der Waals surface area contributed by atoms with Crippen molar-refractivity contribution in [3.8, 4) is 5.75 Å². The molecule has 2 rings (SSSR count). The van der Waals surface area contributed by atoms with Crippen LogP contribution in [0.3, 0.4) is 0 Å². The van der Waals surface area contributed by atoms with Gasteiger partial charge in [0.15, 0.2) is 0 Å². The van der Waals surface area contributed by atoms with Crippen LogP contribution in [0.25, 0.3) is 0 Å². The van der Waals surface area contributed by atoms with E-state index in [-0.39, 0.29) is 0 Å². The summed E-state index contributed by atoms with van der Waals surface area (Å²) in [6.07, 6.45) is 0. The van der Waals surface area contributed by atoms with E-state index in [1.54, 1.807) is 0 Å². The van der Waals surface area contributed by atoms with Gasteiger partial charge in [-0.05, 0) is 43.2 Å². The van der Waals surface area contributed by atoms with Crippen molar-refractivity contribution in [2.75, 3.05) is 24.6 Å². The first-order chi connectivity index (χ1) is 10.2. The maximum absolute atomic E-state index is 5.82. The molecule has 0 aliphatic carbocycles. The lowest BCUT2D eigenvalue weighted by Gasteiger charge is -2.24. The molecule has 2 aromatic carbocycles. The SMILES string of the molecule is CCN(CCOc1ccc(CN)cc1)c1ccccc1C. The minimum atomic E-state index is 0.567. The number of nitrogens with two attached hydrogens (primary N) is 1. The molecule has 0 aliphatic rings. The van der Waals surface area contributed by atoms with E-state index < -0.39 is 0 Å². The molecule has 0 radical (unpaired) electrons. The zero-order valence-electron chi connectivity index (χ0n) is 12.9. The highest BCUT2D eigenvalue weighted by Gasteiger charge is 2.06. The molecule has 2 aromatic rings. The number of nitrogens with zero attached hydrogens (tertiary/aromatic N) is 1. The largest absolute Gasteiger partial charge is 0.492 e. The van der Waals surface area contributed by atoms with Crippen LogP contribution < -0.4 is 15.4 Å². The van der Waals surface area contributed by atoms with Gasteiger partial charge in [0, 0.05) is 18.8 Å². The van der Waals surface area contributed by atoms with Gasteiger partial charge in [0.2, 0.25) is 0 Å². The van der Waals surface area contributed by atoms with Crippen LogP contribution in [0, 0.1) is 6.92 Å². The number of ether oxygens (including phenoxy) is 1. The number of rotatable bonds is 7. The van der Waals surface area contributed by atoms with Gasteiger partial charge < -0.3 is 15.4 Å². The molecule has 0 amide bonds. The highest BCUT2D eigenvalue weighted by atomic mass is 16.5. The Hall–Kier alpha value is -2.00. The molecule has 0 saturated carbocycles. The van der Waals surface area contributed by atoms with Crippen LogP contribution in [0.2, 0.25) is 0 Å². The van der Waals surface area contributed by atoms with Crippen LogP contribution in [0.1, 0.15) is 18.1 Å². The Kier molecular flexibility index (Phi) is 5.64. The predicted octanol–water partition coefficient (Wildman–Crippen LogP) is 3.36. The summed E-state index contributed by atoms with van der Waals surface area (Å²) in [5, 5.41) is 0. The summed E-state index contributed by atoms with van der Waals surface area (Å²) in [6, 6.07) is 16.4. The monoisotopic (exact) mass is 284 g/mol. The van der Waals surface area contributed by atoms with Gasteiger partial charge in [-0.1, -0.05) is 30.3 Å². The molecule has 0 atom stereocenters. The van der Waals surface area contributed by atoms with E-state index in [9.17, 15) is 0 Å². The van der Waals surface area contributed by atoms with Crippen molar-refractivity contribution >= 4 is 5.69 Å². The van der Waals surface area contributed by atoms with Gasteiger partial charge in [0.05, 0.1) is 6.54 Å². The van der Waals surface area contributed by atoms with Gasteiger partial charge in [-0.15, -0.1) is 0 Å². The molecule has 0 bridgehead atoms. The third-order valence-corrected chi connectivity index (χ3v) is 3.63. The maximum atomic E-state index is 5.82. The van der Waals surface area contributed by atoms with Gasteiger partial charge in [-0.25, -0.2) is 0 Å². The van der Waals surface area contributed by atoms with E-state index in [0.717, 1.165) is 24.4 Å². The molecule has 3 heteroatoms. The lowest BCUT2D eigenvalue weighted by Crippen LogP contribution is -2.28. The fourth-order valence-electron chi connectivity index (χ4n) is 2.36. The summed E-state index contributed by atoms with van der Waals surface area (Å²) < 4.78 is 5.82. The number of para-hydroxylation sites is 1. The zero-order chi connectivity index (χ0) is 15.1. The van der Waals surface area contributed by atoms with Crippen LogP contribution in [0.15, 0.2) is 48.5 Å². The van der Waals surface area contributed by atoms with Crippen molar-refractivity contribution in [2.24, 2.45) is 5.73 Å². The molecule has 0 saturated heterocycles. The second kappa shape index (κ2) is 7.70. The lowest BCUT2D eigenvalue weighted by molar-refractivity contribution is 0.324. The lowest BCUT2D eigenvalue weighted by atomic mass is 10.2. The summed E-state index contributed by atoms with van der Waals surface area (Å²) in [5.74, 6) is 0.896. The van der Waals surface area contributed by atoms with Gasteiger partial charge in [-0.2, -0.15) is 0 Å². The van der Waals surface area contributed by atoms with Crippen LogP contribution in [0.5, 0.6) is 5.75 Å². The Morgan fingerprint density at radius 1 is 1.05 bits per heavy atom. The third kappa shape index (κ3) is 4.23. The Morgan fingerprint density at radius 2 is 1.76 bits per heavy atom. The molecule has 112 valence electrons. The second-order valence-corrected chi connectivity index (χ2v) is 5.06. The fraction of sp³-hybridized carbons (Fsp3) is 0.333. The van der Waals surface area contributed by atoms with Crippen LogP contribution in [-0.4, -0.2) is 19.7 Å². The first-order valence-electron chi connectivity index (χ1n) is 7.47. The van der Waals surface area contributed by atoms with Crippen molar-refractivity contribution in [3.05, 3.63) is 59.7 Å². The van der Waals surface area contributed by atoms with E-state index in [2.05, 4.69) is 43.0 Å². The predicted molar refractivity (Wildman–Crippen MR) is 88.9 cm³/mol. The summed E-state index contributed by atoms with van der Waals surface area (Å²) in [4.78, 5) is 2.34. The van der Waals surface area contributed by atoms with E-state index in [1.165, 1.54) is 11.3 Å². The van der Waals surface area contributed by atoms with Crippen molar-refractivity contribution < 1.29 is 4.74 Å². The molecule has 0 aromatic heterocycles. The molecule has 0 spiro atoms. The number of hydrogen-bond acceptors (Lipinski definition) is 3. The van der Waals surface area contributed by atoms with Crippen molar-refractivity contribution in [2.45, 2.75) is 20.4 Å². The highest BCUT2D eigenvalue weighted by molar-refractivity contribution is 5.52. The Bertz CT molecular complexity index is 551. The number of hydrogen-bond donors (Lipinski definition) is 1. The van der Waals surface area contributed by atoms with Gasteiger partial charge in [0.1, 0.15) is 12.4 Å². The van der Waals surface area contributed by atoms with E-state index >= 15 is 0 Å². The zero-order valence-corrected chi connectivity index (χ0v) is 12.9. The number of aryl methyl sites for hydroxylation is 1. The first-order valence-corrected chi connectivity index (χ1v) is 7.47. The average molecular weight is 284 g/mol. The molecular weight excluding hydrogens is 260 g/mol. The fourth-order valence-corrected chi connectivity index (χ4v) is 2.36. The molecule has 0 fully saturated rings. The molecule has 0 heterocycles. The van der Waals surface area contributed by atoms with Crippen LogP contribution in [-0.2, 0) is 6.54 Å². The maximum Gasteiger partial charge on any atom is 0.119 e. The minimum Gasteiger partial charge on any atom is -0.492 e. The summed E-state index contributed by atoms with van der Waals surface area (Å²) in [6.45, 7) is 7.40.